The van der Waals surface area contributed by atoms with Crippen molar-refractivity contribution >= 4 is 23.2 Å². The summed E-state index contributed by atoms with van der Waals surface area (Å²) in [6.07, 6.45) is 0. The van der Waals surface area contributed by atoms with E-state index in [1.807, 2.05) is 54.6 Å². The number of ether oxygens (including phenoxy) is 1. The molecule has 3 rings (SSSR count). The molecule has 0 aliphatic heterocycles. The predicted octanol–water partition coefficient (Wildman–Crippen LogP) is 6.45. The van der Waals surface area contributed by atoms with Crippen LogP contribution in [0.1, 0.15) is 0 Å². The average Bonchev–Trinajstić information content (AvgIpc) is 2.52. The second-order valence-corrected chi connectivity index (χ2v) is 5.33. The molecule has 0 amide bonds. The normalized spacial score (nSPS) is 10.4. The van der Waals surface area contributed by atoms with E-state index in [0.29, 0.717) is 15.8 Å². The fourth-order valence-electron chi connectivity index (χ4n) is 2.10. The zero-order chi connectivity index (χ0) is 14.7. The molecule has 0 fully saturated rings. The maximum atomic E-state index is 6.17. The standard InChI is InChI=1S/C18H12Cl2O/c19-15-10-6-11-16(20)18(15)21-17-12-5-4-9-14(17)13-7-2-1-3-8-13/h1-12H. The molecule has 0 saturated carbocycles. The third kappa shape index (κ3) is 3.05. The lowest BCUT2D eigenvalue weighted by molar-refractivity contribution is 0.485. The maximum Gasteiger partial charge on any atom is 0.164 e. The fraction of sp³-hybridized carbons (Fsp3) is 0. The van der Waals surface area contributed by atoms with Crippen molar-refractivity contribution in [2.45, 2.75) is 0 Å². The Balaban J connectivity index is 2.05. The van der Waals surface area contributed by atoms with Gasteiger partial charge in [0.2, 0.25) is 0 Å². The molecule has 0 heterocycles. The number of hydrogen-bond acceptors (Lipinski definition) is 1. The molecule has 0 bridgehead atoms. The van der Waals surface area contributed by atoms with Crippen LogP contribution >= 0.6 is 23.2 Å². The molecule has 0 N–H and O–H groups in total. The van der Waals surface area contributed by atoms with Crippen LogP contribution in [0.2, 0.25) is 10.0 Å². The monoisotopic (exact) mass is 314 g/mol. The molecule has 0 radical (unpaired) electrons. The quantitative estimate of drug-likeness (QED) is 0.539. The van der Waals surface area contributed by atoms with E-state index >= 15 is 0 Å². The van der Waals surface area contributed by atoms with Crippen molar-refractivity contribution < 1.29 is 4.74 Å². The van der Waals surface area contributed by atoms with Crippen molar-refractivity contribution in [1.29, 1.82) is 0 Å². The number of hydrogen-bond donors (Lipinski definition) is 0. The molecule has 0 spiro atoms. The van der Waals surface area contributed by atoms with Gasteiger partial charge in [0.15, 0.2) is 5.75 Å². The highest BCUT2D eigenvalue weighted by Crippen LogP contribution is 2.39. The van der Waals surface area contributed by atoms with E-state index in [0.717, 1.165) is 16.9 Å². The van der Waals surface area contributed by atoms with Gasteiger partial charge in [0, 0.05) is 5.56 Å². The minimum Gasteiger partial charge on any atom is -0.454 e. The molecule has 3 heteroatoms. The first-order valence-corrected chi connectivity index (χ1v) is 7.27. The summed E-state index contributed by atoms with van der Waals surface area (Å²) < 4.78 is 5.96. The Labute approximate surface area is 133 Å². The molecular formula is C18H12Cl2O. The summed E-state index contributed by atoms with van der Waals surface area (Å²) in [7, 11) is 0. The first kappa shape index (κ1) is 14.0. The summed E-state index contributed by atoms with van der Waals surface area (Å²) in [6.45, 7) is 0. The van der Waals surface area contributed by atoms with Gasteiger partial charge < -0.3 is 4.74 Å². The van der Waals surface area contributed by atoms with Gasteiger partial charge in [-0.3, -0.25) is 0 Å². The van der Waals surface area contributed by atoms with Crippen molar-refractivity contribution in [2.75, 3.05) is 0 Å². The van der Waals surface area contributed by atoms with Gasteiger partial charge in [-0.15, -0.1) is 0 Å². The van der Waals surface area contributed by atoms with Gasteiger partial charge in [-0.1, -0.05) is 77.8 Å². The molecule has 104 valence electrons. The second-order valence-electron chi connectivity index (χ2n) is 4.52. The summed E-state index contributed by atoms with van der Waals surface area (Å²) >= 11 is 12.3. The Bertz CT molecular complexity index is 734. The molecule has 0 atom stereocenters. The third-order valence-corrected chi connectivity index (χ3v) is 3.70. The topological polar surface area (TPSA) is 9.23 Å². The highest BCUT2D eigenvalue weighted by molar-refractivity contribution is 6.37. The average molecular weight is 315 g/mol. The summed E-state index contributed by atoms with van der Waals surface area (Å²) in [5.74, 6) is 1.20. The van der Waals surface area contributed by atoms with Crippen LogP contribution in [-0.4, -0.2) is 0 Å². The van der Waals surface area contributed by atoms with Gasteiger partial charge in [-0.05, 0) is 23.8 Å². The van der Waals surface area contributed by atoms with Gasteiger partial charge in [-0.25, -0.2) is 0 Å². The van der Waals surface area contributed by atoms with Crippen LogP contribution in [0.15, 0.2) is 72.8 Å². The van der Waals surface area contributed by atoms with Crippen molar-refractivity contribution in [3.05, 3.63) is 82.8 Å². The van der Waals surface area contributed by atoms with Gasteiger partial charge >= 0.3 is 0 Å². The largest absolute Gasteiger partial charge is 0.454 e. The van der Waals surface area contributed by atoms with Crippen LogP contribution in [-0.2, 0) is 0 Å². The van der Waals surface area contributed by atoms with Crippen LogP contribution < -0.4 is 4.74 Å². The predicted molar refractivity (Wildman–Crippen MR) is 88.4 cm³/mol. The van der Waals surface area contributed by atoms with E-state index in [-0.39, 0.29) is 0 Å². The molecule has 21 heavy (non-hydrogen) atoms. The zero-order valence-corrected chi connectivity index (χ0v) is 12.6. The Hall–Kier alpha value is -1.96. The summed E-state index contributed by atoms with van der Waals surface area (Å²) in [6, 6.07) is 23.2. The molecule has 1 nitrogen and oxygen atoms in total. The summed E-state index contributed by atoms with van der Waals surface area (Å²) in [5, 5.41) is 0.982. The number of halogens is 2. The van der Waals surface area contributed by atoms with Crippen LogP contribution in [0.5, 0.6) is 11.5 Å². The summed E-state index contributed by atoms with van der Waals surface area (Å²) in [5.41, 5.74) is 2.07. The van der Waals surface area contributed by atoms with Crippen LogP contribution in [0.4, 0.5) is 0 Å². The Morgan fingerprint density at radius 2 is 1.24 bits per heavy atom. The van der Waals surface area contributed by atoms with Gasteiger partial charge in [0.1, 0.15) is 5.75 Å². The molecule has 0 aliphatic rings. The Morgan fingerprint density at radius 3 is 1.95 bits per heavy atom. The van der Waals surface area contributed by atoms with Gasteiger partial charge in [-0.2, -0.15) is 0 Å². The highest BCUT2D eigenvalue weighted by Gasteiger charge is 2.11. The van der Waals surface area contributed by atoms with Crippen LogP contribution in [0.3, 0.4) is 0 Å². The number of rotatable bonds is 3. The molecule has 0 saturated heterocycles. The van der Waals surface area contributed by atoms with E-state index < -0.39 is 0 Å². The first-order chi connectivity index (χ1) is 10.3. The Kier molecular flexibility index (Phi) is 4.14. The smallest absolute Gasteiger partial charge is 0.164 e. The van der Waals surface area contributed by atoms with Crippen molar-refractivity contribution in [1.82, 2.24) is 0 Å². The minimum atomic E-state index is 0.476. The number of benzene rings is 3. The third-order valence-electron chi connectivity index (χ3n) is 3.10. The maximum absolute atomic E-state index is 6.17. The van der Waals surface area contributed by atoms with E-state index in [1.165, 1.54) is 0 Å². The van der Waals surface area contributed by atoms with Gasteiger partial charge in [0.25, 0.3) is 0 Å². The SMILES string of the molecule is Clc1cccc(Cl)c1Oc1ccccc1-c1ccccc1. The van der Waals surface area contributed by atoms with Crippen LogP contribution in [0, 0.1) is 0 Å². The van der Waals surface area contributed by atoms with Crippen LogP contribution in [0.25, 0.3) is 11.1 Å². The van der Waals surface area contributed by atoms with E-state index in [2.05, 4.69) is 0 Å². The molecule has 0 aliphatic carbocycles. The molecular weight excluding hydrogens is 303 g/mol. The van der Waals surface area contributed by atoms with Crippen molar-refractivity contribution in [3.8, 4) is 22.6 Å². The highest BCUT2D eigenvalue weighted by atomic mass is 35.5. The fourth-order valence-corrected chi connectivity index (χ4v) is 2.58. The lowest BCUT2D eigenvalue weighted by Gasteiger charge is -2.13. The zero-order valence-electron chi connectivity index (χ0n) is 11.1. The first-order valence-electron chi connectivity index (χ1n) is 6.52. The number of para-hydroxylation sites is 2. The second kappa shape index (κ2) is 6.21. The molecule has 0 unspecified atom stereocenters. The lowest BCUT2D eigenvalue weighted by Crippen LogP contribution is -1.89. The van der Waals surface area contributed by atoms with Crippen molar-refractivity contribution in [2.24, 2.45) is 0 Å². The lowest BCUT2D eigenvalue weighted by atomic mass is 10.1. The van der Waals surface area contributed by atoms with Gasteiger partial charge in [0.05, 0.1) is 10.0 Å². The minimum absolute atomic E-state index is 0.476. The molecule has 3 aromatic rings. The van der Waals surface area contributed by atoms with E-state index in [1.54, 1.807) is 18.2 Å². The molecule has 3 aromatic carbocycles. The molecule has 0 aromatic heterocycles. The van der Waals surface area contributed by atoms with Crippen molar-refractivity contribution in [3.63, 3.8) is 0 Å². The summed E-state index contributed by atoms with van der Waals surface area (Å²) in [4.78, 5) is 0. The Morgan fingerprint density at radius 1 is 0.619 bits per heavy atom. The van der Waals surface area contributed by atoms with E-state index in [4.69, 9.17) is 27.9 Å². The van der Waals surface area contributed by atoms with E-state index in [9.17, 15) is 0 Å².